The SMILES string of the molecule is CCOc1ccc(-c2nc(CSc3nnc4sc5ccccc5n34)cs2)cc1OC. The van der Waals surface area contributed by atoms with E-state index in [9.17, 15) is 0 Å². The van der Waals surface area contributed by atoms with Gasteiger partial charge in [-0.2, -0.15) is 0 Å². The molecule has 5 aromatic rings. The number of hydrogen-bond acceptors (Lipinski definition) is 8. The summed E-state index contributed by atoms with van der Waals surface area (Å²) in [4.78, 5) is 5.72. The first-order chi connectivity index (χ1) is 14.8. The van der Waals surface area contributed by atoms with Crippen LogP contribution in [-0.4, -0.2) is 33.3 Å². The van der Waals surface area contributed by atoms with Crippen LogP contribution in [0.3, 0.4) is 0 Å². The molecule has 0 saturated carbocycles. The number of thiazole rings is 2. The predicted octanol–water partition coefficient (Wildman–Crippen LogP) is 5.77. The molecule has 0 unspecified atom stereocenters. The van der Waals surface area contributed by atoms with E-state index in [2.05, 4.69) is 32.1 Å². The van der Waals surface area contributed by atoms with Crippen molar-refractivity contribution >= 4 is 49.6 Å². The Hall–Kier alpha value is -2.62. The summed E-state index contributed by atoms with van der Waals surface area (Å²) >= 11 is 4.93. The van der Waals surface area contributed by atoms with Crippen LogP contribution in [0.15, 0.2) is 53.0 Å². The molecular formula is C21H18N4O2S3. The second-order valence-corrected chi connectivity index (χ2v) is 9.21. The first kappa shape index (κ1) is 19.3. The van der Waals surface area contributed by atoms with Crippen LogP contribution in [0, 0.1) is 0 Å². The van der Waals surface area contributed by atoms with Gasteiger partial charge >= 0.3 is 0 Å². The maximum atomic E-state index is 5.60. The molecule has 0 N–H and O–H groups in total. The largest absolute Gasteiger partial charge is 0.493 e. The van der Waals surface area contributed by atoms with Gasteiger partial charge in [0.25, 0.3) is 0 Å². The van der Waals surface area contributed by atoms with Crippen molar-refractivity contribution < 1.29 is 9.47 Å². The van der Waals surface area contributed by atoms with Gasteiger partial charge in [0.1, 0.15) is 5.01 Å². The number of benzene rings is 2. The Bertz CT molecular complexity index is 1320. The smallest absolute Gasteiger partial charge is 0.217 e. The first-order valence-electron chi connectivity index (χ1n) is 9.38. The van der Waals surface area contributed by atoms with Crippen LogP contribution < -0.4 is 9.47 Å². The molecule has 0 atom stereocenters. The second-order valence-electron chi connectivity index (χ2n) is 6.40. The Morgan fingerprint density at radius 2 is 2.00 bits per heavy atom. The first-order valence-corrected chi connectivity index (χ1v) is 12.1. The molecule has 30 heavy (non-hydrogen) atoms. The molecule has 0 aliphatic carbocycles. The zero-order valence-corrected chi connectivity index (χ0v) is 18.8. The molecule has 0 spiro atoms. The zero-order chi connectivity index (χ0) is 20.5. The van der Waals surface area contributed by atoms with Gasteiger partial charge in [-0.1, -0.05) is 35.2 Å². The van der Waals surface area contributed by atoms with Crippen LogP contribution in [-0.2, 0) is 5.75 Å². The van der Waals surface area contributed by atoms with Gasteiger partial charge in [0.2, 0.25) is 4.96 Å². The van der Waals surface area contributed by atoms with Crippen molar-refractivity contribution in [3.8, 4) is 22.1 Å². The van der Waals surface area contributed by atoms with E-state index in [-0.39, 0.29) is 0 Å². The van der Waals surface area contributed by atoms with Gasteiger partial charge in [-0.3, -0.25) is 4.40 Å². The summed E-state index contributed by atoms with van der Waals surface area (Å²) in [5.74, 6) is 2.20. The van der Waals surface area contributed by atoms with Gasteiger partial charge in [0.05, 0.1) is 29.6 Å². The molecular weight excluding hydrogens is 436 g/mol. The minimum absolute atomic E-state index is 0.601. The number of nitrogens with zero attached hydrogens (tertiary/aromatic N) is 4. The van der Waals surface area contributed by atoms with E-state index in [1.807, 2.05) is 37.3 Å². The lowest BCUT2D eigenvalue weighted by atomic mass is 10.2. The minimum Gasteiger partial charge on any atom is -0.493 e. The van der Waals surface area contributed by atoms with Crippen molar-refractivity contribution in [3.05, 3.63) is 53.5 Å². The van der Waals surface area contributed by atoms with Gasteiger partial charge in [-0.25, -0.2) is 4.98 Å². The average molecular weight is 455 g/mol. The fourth-order valence-corrected chi connectivity index (χ4v) is 5.95. The zero-order valence-electron chi connectivity index (χ0n) is 16.4. The van der Waals surface area contributed by atoms with E-state index >= 15 is 0 Å². The van der Waals surface area contributed by atoms with Crippen LogP contribution in [0.25, 0.3) is 25.7 Å². The fourth-order valence-electron chi connectivity index (χ4n) is 3.17. The Morgan fingerprint density at radius 3 is 2.87 bits per heavy atom. The third kappa shape index (κ3) is 3.53. The lowest BCUT2D eigenvalue weighted by molar-refractivity contribution is 0.311. The third-order valence-electron chi connectivity index (χ3n) is 4.52. The Balaban J connectivity index is 1.36. The molecule has 0 fully saturated rings. The summed E-state index contributed by atoms with van der Waals surface area (Å²) in [6.07, 6.45) is 0. The van der Waals surface area contributed by atoms with Crippen molar-refractivity contribution in [2.45, 2.75) is 17.8 Å². The lowest BCUT2D eigenvalue weighted by Crippen LogP contribution is -1.95. The predicted molar refractivity (Wildman–Crippen MR) is 123 cm³/mol. The highest BCUT2D eigenvalue weighted by Crippen LogP contribution is 2.35. The number of methoxy groups -OCH3 is 1. The fraction of sp³-hybridized carbons (Fsp3) is 0.190. The Morgan fingerprint density at radius 1 is 1.10 bits per heavy atom. The molecule has 0 saturated heterocycles. The molecule has 0 bridgehead atoms. The quantitative estimate of drug-likeness (QED) is 0.291. The monoisotopic (exact) mass is 454 g/mol. The van der Waals surface area contributed by atoms with Crippen molar-refractivity contribution in [2.75, 3.05) is 13.7 Å². The summed E-state index contributed by atoms with van der Waals surface area (Å²) in [6, 6.07) is 14.2. The number of para-hydroxylation sites is 1. The van der Waals surface area contributed by atoms with Gasteiger partial charge < -0.3 is 9.47 Å². The van der Waals surface area contributed by atoms with Crippen molar-refractivity contribution in [1.29, 1.82) is 0 Å². The maximum absolute atomic E-state index is 5.60. The van der Waals surface area contributed by atoms with E-state index < -0.39 is 0 Å². The van der Waals surface area contributed by atoms with Gasteiger partial charge in [0.15, 0.2) is 16.7 Å². The molecule has 5 rings (SSSR count). The standard InChI is InChI=1S/C21H18N4O2S3/c1-3-27-16-9-8-13(10-17(16)26-2)19-22-14(11-28-19)12-29-20-23-24-21-25(20)15-6-4-5-7-18(15)30-21/h4-11H,3,12H2,1-2H3. The number of thioether (sulfide) groups is 1. The van der Waals surface area contributed by atoms with Crippen LogP contribution in [0.2, 0.25) is 0 Å². The van der Waals surface area contributed by atoms with E-state index in [1.54, 1.807) is 41.5 Å². The van der Waals surface area contributed by atoms with E-state index in [4.69, 9.17) is 14.5 Å². The van der Waals surface area contributed by atoms with Gasteiger partial charge in [0, 0.05) is 16.7 Å². The Kier molecular flexibility index (Phi) is 5.32. The highest BCUT2D eigenvalue weighted by Gasteiger charge is 2.14. The molecule has 0 radical (unpaired) electrons. The number of ether oxygens (including phenoxy) is 2. The van der Waals surface area contributed by atoms with Crippen LogP contribution >= 0.6 is 34.4 Å². The normalized spacial score (nSPS) is 11.4. The molecule has 2 aromatic carbocycles. The highest BCUT2D eigenvalue weighted by atomic mass is 32.2. The molecule has 152 valence electrons. The molecule has 0 aliphatic heterocycles. The number of aromatic nitrogens is 4. The Labute approximate surface area is 185 Å². The molecule has 6 nitrogen and oxygen atoms in total. The van der Waals surface area contributed by atoms with Crippen LogP contribution in [0.1, 0.15) is 12.6 Å². The second kappa shape index (κ2) is 8.25. The molecule has 3 aromatic heterocycles. The maximum Gasteiger partial charge on any atom is 0.217 e. The molecule has 3 heterocycles. The summed E-state index contributed by atoms with van der Waals surface area (Å²) in [5, 5.41) is 12.6. The number of fused-ring (bicyclic) bond motifs is 3. The van der Waals surface area contributed by atoms with E-state index in [0.29, 0.717) is 6.61 Å². The van der Waals surface area contributed by atoms with Crippen molar-refractivity contribution in [2.24, 2.45) is 0 Å². The molecule has 0 aliphatic rings. The number of rotatable bonds is 7. The van der Waals surface area contributed by atoms with E-state index in [0.717, 1.165) is 49.2 Å². The topological polar surface area (TPSA) is 61.5 Å². The van der Waals surface area contributed by atoms with Crippen molar-refractivity contribution in [3.63, 3.8) is 0 Å². The summed E-state index contributed by atoms with van der Waals surface area (Å²) < 4.78 is 14.4. The average Bonchev–Trinajstić information content (AvgIpc) is 3.48. The van der Waals surface area contributed by atoms with Gasteiger partial charge in [-0.05, 0) is 37.3 Å². The highest BCUT2D eigenvalue weighted by molar-refractivity contribution is 7.98. The number of hydrogen-bond donors (Lipinski definition) is 0. The van der Waals surface area contributed by atoms with E-state index in [1.165, 1.54) is 4.70 Å². The summed E-state index contributed by atoms with van der Waals surface area (Å²) in [7, 11) is 1.65. The lowest BCUT2D eigenvalue weighted by Gasteiger charge is -2.09. The van der Waals surface area contributed by atoms with Crippen LogP contribution in [0.4, 0.5) is 0 Å². The minimum atomic E-state index is 0.601. The van der Waals surface area contributed by atoms with Gasteiger partial charge in [-0.15, -0.1) is 21.5 Å². The summed E-state index contributed by atoms with van der Waals surface area (Å²) in [5.41, 5.74) is 3.18. The summed E-state index contributed by atoms with van der Waals surface area (Å²) in [6.45, 7) is 2.56. The third-order valence-corrected chi connectivity index (χ3v) is 7.44. The molecule has 0 amide bonds. The van der Waals surface area contributed by atoms with Crippen molar-refractivity contribution in [1.82, 2.24) is 19.6 Å². The molecule has 9 heteroatoms. The van der Waals surface area contributed by atoms with Crippen LogP contribution in [0.5, 0.6) is 11.5 Å².